The molecule has 7 N–H and O–H groups in total. The van der Waals surface area contributed by atoms with Crippen LogP contribution in [0.25, 0.3) is 16.5 Å². The molecule has 10 nitrogen and oxygen atoms in total. The first-order chi connectivity index (χ1) is 15.4. The van der Waals surface area contributed by atoms with Gasteiger partial charge in [-0.3, -0.25) is 10.1 Å². The molecule has 33 heavy (non-hydrogen) atoms. The van der Waals surface area contributed by atoms with Gasteiger partial charge in [0.15, 0.2) is 0 Å². The Bertz CT molecular complexity index is 1070. The third kappa shape index (κ3) is 7.96. The number of alkyl carbamates (subject to hydrolysis) is 1. The van der Waals surface area contributed by atoms with Gasteiger partial charge in [-0.25, -0.2) is 14.4 Å². The Morgan fingerprint density at radius 3 is 2.30 bits per heavy atom. The molecule has 2 aromatic rings. The van der Waals surface area contributed by atoms with Gasteiger partial charge in [-0.15, -0.1) is 11.3 Å². The lowest BCUT2D eigenvalue weighted by atomic mass is 10.1. The summed E-state index contributed by atoms with van der Waals surface area (Å²) in [5, 5.41) is 14.3. The summed E-state index contributed by atoms with van der Waals surface area (Å²) in [6.45, 7) is 5.06. The molecule has 1 aromatic carbocycles. The zero-order valence-corrected chi connectivity index (χ0v) is 19.2. The van der Waals surface area contributed by atoms with Crippen LogP contribution in [0.4, 0.5) is 14.6 Å². The van der Waals surface area contributed by atoms with Crippen molar-refractivity contribution in [3.8, 4) is 10.4 Å². The van der Waals surface area contributed by atoms with Crippen molar-refractivity contribution in [2.75, 3.05) is 5.32 Å². The number of amides is 4. The molecule has 0 aliphatic rings. The molecule has 1 aromatic heterocycles. The van der Waals surface area contributed by atoms with Gasteiger partial charge < -0.3 is 26.6 Å². The van der Waals surface area contributed by atoms with E-state index < -0.39 is 35.6 Å². The fourth-order valence-corrected chi connectivity index (χ4v) is 3.76. The average molecular weight is 475 g/mol. The number of carboxylic acid groups (broad SMARTS) is 1. The first-order valence-corrected chi connectivity index (χ1v) is 10.7. The van der Waals surface area contributed by atoms with Crippen LogP contribution in [0.1, 0.15) is 43.1 Å². The van der Waals surface area contributed by atoms with Crippen molar-refractivity contribution in [3.05, 3.63) is 47.5 Å². The Morgan fingerprint density at radius 1 is 1.15 bits per heavy atom. The van der Waals surface area contributed by atoms with Crippen LogP contribution >= 0.6 is 11.3 Å². The van der Waals surface area contributed by atoms with E-state index in [9.17, 15) is 24.3 Å². The van der Waals surface area contributed by atoms with Gasteiger partial charge in [-0.05, 0) is 44.4 Å². The number of aliphatic carboxylic acids is 1. The maximum Gasteiger partial charge on any atom is 0.408 e. The highest BCUT2D eigenvalue weighted by atomic mass is 32.1. The molecule has 0 fully saturated rings. The number of hydrogen-bond acceptors (Lipinski definition) is 6. The standard InChI is InChI=1S/C22H26N4O6S/c1-22(2,3)32-21(31)25-15(19(28)29)6-4-5-12-7-9-13(10-8-12)16-11-14(17(23)27)18(33-16)26-20(24)30/h4-5,7-11,15H,6H2,1-3H3,(H2,23,27)(H,25,31)(H,28,29)(H3,24,26,30)/t15-/m0/s1. The van der Waals surface area contributed by atoms with Gasteiger partial charge in [0.2, 0.25) is 0 Å². The maximum atomic E-state index is 11.8. The van der Waals surface area contributed by atoms with Crippen molar-refractivity contribution in [2.45, 2.75) is 38.8 Å². The molecule has 4 amide bonds. The lowest BCUT2D eigenvalue weighted by Gasteiger charge is -2.21. The molecular formula is C22H26N4O6S. The van der Waals surface area contributed by atoms with E-state index in [1.54, 1.807) is 63.3 Å². The van der Waals surface area contributed by atoms with E-state index in [1.165, 1.54) is 0 Å². The predicted octanol–water partition coefficient (Wildman–Crippen LogP) is 3.39. The van der Waals surface area contributed by atoms with Crippen LogP contribution in [0.2, 0.25) is 0 Å². The molecule has 176 valence electrons. The van der Waals surface area contributed by atoms with E-state index >= 15 is 0 Å². The first-order valence-electron chi connectivity index (χ1n) is 9.85. The number of anilines is 1. The van der Waals surface area contributed by atoms with E-state index in [2.05, 4.69) is 10.6 Å². The lowest BCUT2D eigenvalue weighted by Crippen LogP contribution is -2.43. The summed E-state index contributed by atoms with van der Waals surface area (Å²) in [5.41, 5.74) is 11.5. The van der Waals surface area contributed by atoms with Crippen LogP contribution in [0.3, 0.4) is 0 Å². The Labute approximate surface area is 194 Å². The van der Waals surface area contributed by atoms with Crippen LogP contribution in [0.15, 0.2) is 36.4 Å². The molecule has 11 heteroatoms. The van der Waals surface area contributed by atoms with Gasteiger partial charge in [-0.1, -0.05) is 36.4 Å². The van der Waals surface area contributed by atoms with Crippen LogP contribution in [0, 0.1) is 0 Å². The van der Waals surface area contributed by atoms with Crippen molar-refractivity contribution in [2.24, 2.45) is 11.5 Å². The smallest absolute Gasteiger partial charge is 0.408 e. The third-order valence-corrected chi connectivity index (χ3v) is 5.20. The van der Waals surface area contributed by atoms with Gasteiger partial charge in [0.1, 0.15) is 16.6 Å². The van der Waals surface area contributed by atoms with E-state index in [0.29, 0.717) is 4.88 Å². The average Bonchev–Trinajstić information content (AvgIpc) is 3.09. The SMILES string of the molecule is CC(C)(C)OC(=O)N[C@@H](CC=Cc1ccc(-c2cc(C(N)=O)c(NC(N)=O)s2)cc1)C(=O)O. The number of nitrogens with one attached hydrogen (secondary N) is 2. The summed E-state index contributed by atoms with van der Waals surface area (Å²) in [5.74, 6) is -1.86. The molecule has 0 aliphatic heterocycles. The summed E-state index contributed by atoms with van der Waals surface area (Å²) >= 11 is 1.16. The number of urea groups is 1. The molecule has 0 saturated carbocycles. The highest BCUT2D eigenvalue weighted by molar-refractivity contribution is 7.20. The van der Waals surface area contributed by atoms with Crippen molar-refractivity contribution in [1.82, 2.24) is 5.32 Å². The summed E-state index contributed by atoms with van der Waals surface area (Å²) < 4.78 is 5.09. The van der Waals surface area contributed by atoms with Crippen molar-refractivity contribution >= 4 is 46.4 Å². The second-order valence-electron chi connectivity index (χ2n) is 8.00. The van der Waals surface area contributed by atoms with Crippen LogP contribution in [0.5, 0.6) is 0 Å². The molecule has 2 rings (SSSR count). The number of primary amides is 2. The number of rotatable bonds is 8. The van der Waals surface area contributed by atoms with Crippen LogP contribution in [-0.2, 0) is 9.53 Å². The molecular weight excluding hydrogens is 448 g/mol. The minimum atomic E-state index is -1.18. The zero-order chi connectivity index (χ0) is 24.8. The fourth-order valence-electron chi connectivity index (χ4n) is 2.69. The highest BCUT2D eigenvalue weighted by Gasteiger charge is 2.23. The molecule has 0 spiro atoms. The third-order valence-electron chi connectivity index (χ3n) is 4.10. The monoisotopic (exact) mass is 474 g/mol. The van der Waals surface area contributed by atoms with Crippen molar-refractivity contribution in [1.29, 1.82) is 0 Å². The number of hydrogen-bond donors (Lipinski definition) is 5. The minimum Gasteiger partial charge on any atom is -0.480 e. The topological polar surface area (TPSA) is 174 Å². The van der Waals surface area contributed by atoms with Crippen molar-refractivity contribution < 1.29 is 29.0 Å². The number of ether oxygens (including phenoxy) is 1. The van der Waals surface area contributed by atoms with Crippen LogP contribution < -0.4 is 22.1 Å². The molecule has 0 aliphatic carbocycles. The summed E-state index contributed by atoms with van der Waals surface area (Å²) in [6, 6.07) is 6.84. The van der Waals surface area contributed by atoms with Gasteiger partial charge in [0.05, 0.1) is 5.56 Å². The van der Waals surface area contributed by atoms with Gasteiger partial charge >= 0.3 is 18.1 Å². The largest absolute Gasteiger partial charge is 0.480 e. The minimum absolute atomic E-state index is 0.0609. The van der Waals surface area contributed by atoms with Gasteiger partial charge in [0.25, 0.3) is 5.91 Å². The number of carbonyl (C=O) groups excluding carboxylic acids is 3. The number of carbonyl (C=O) groups is 4. The summed E-state index contributed by atoms with van der Waals surface area (Å²) in [7, 11) is 0. The Balaban J connectivity index is 2.08. The molecule has 0 bridgehead atoms. The second kappa shape index (κ2) is 10.6. The molecule has 0 saturated heterocycles. The second-order valence-corrected chi connectivity index (χ2v) is 9.06. The maximum absolute atomic E-state index is 11.8. The van der Waals surface area contributed by atoms with Gasteiger partial charge in [0, 0.05) is 4.88 Å². The predicted molar refractivity (Wildman–Crippen MR) is 126 cm³/mol. The van der Waals surface area contributed by atoms with E-state index in [0.717, 1.165) is 22.5 Å². The molecule has 0 radical (unpaired) electrons. The van der Waals surface area contributed by atoms with E-state index in [-0.39, 0.29) is 17.0 Å². The fraction of sp³-hybridized carbons (Fsp3) is 0.273. The number of thiophene rings is 1. The lowest BCUT2D eigenvalue weighted by molar-refractivity contribution is -0.139. The summed E-state index contributed by atoms with van der Waals surface area (Å²) in [4.78, 5) is 46.7. The van der Waals surface area contributed by atoms with Gasteiger partial charge in [-0.2, -0.15) is 0 Å². The molecule has 0 unspecified atom stereocenters. The highest BCUT2D eigenvalue weighted by Crippen LogP contribution is 2.35. The zero-order valence-electron chi connectivity index (χ0n) is 18.4. The quantitative estimate of drug-likeness (QED) is 0.392. The van der Waals surface area contributed by atoms with E-state index in [4.69, 9.17) is 16.2 Å². The Kier molecular flexibility index (Phi) is 8.19. The number of carboxylic acids is 1. The van der Waals surface area contributed by atoms with Crippen molar-refractivity contribution in [3.63, 3.8) is 0 Å². The van der Waals surface area contributed by atoms with Crippen LogP contribution in [-0.4, -0.2) is 40.8 Å². The first kappa shape index (κ1) is 25.4. The Morgan fingerprint density at radius 2 is 1.79 bits per heavy atom. The normalized spacial score (nSPS) is 12.2. The Hall–Kier alpha value is -3.86. The van der Waals surface area contributed by atoms with E-state index in [1.807, 2.05) is 0 Å². The molecule has 1 atom stereocenters. The number of nitrogens with two attached hydrogens (primary N) is 2. The summed E-state index contributed by atoms with van der Waals surface area (Å²) in [6.07, 6.45) is 2.62. The number of benzene rings is 1. The molecule has 1 heterocycles.